The first kappa shape index (κ1) is 18.1. The van der Waals surface area contributed by atoms with Gasteiger partial charge in [-0.25, -0.2) is 8.42 Å². The average Bonchev–Trinajstić information content (AvgIpc) is 2.33. The number of rotatable bonds is 4. The van der Waals surface area contributed by atoms with E-state index in [4.69, 9.17) is 16.0 Å². The highest BCUT2D eigenvalue weighted by molar-refractivity contribution is 7.90. The third-order valence-electron chi connectivity index (χ3n) is 2.05. The Labute approximate surface area is 115 Å². The normalized spacial score (nSPS) is 12.5. The molecular weight excluding hydrogens is 287 g/mol. The summed E-state index contributed by atoms with van der Waals surface area (Å²) in [5.74, 6) is 0. The molecule has 110 valence electrons. The number of sulfone groups is 1. The lowest BCUT2D eigenvalue weighted by Gasteiger charge is -2.14. The van der Waals surface area contributed by atoms with Gasteiger partial charge in [-0.05, 0) is 19.1 Å². The molecule has 0 bridgehead atoms. The highest BCUT2D eigenvalue weighted by Crippen LogP contribution is 2.35. The minimum atomic E-state index is -3.40. The van der Waals surface area contributed by atoms with Gasteiger partial charge in [-0.3, -0.25) is 0 Å². The van der Waals surface area contributed by atoms with E-state index in [0.717, 1.165) is 6.26 Å². The fourth-order valence-electron chi connectivity index (χ4n) is 1.20. The Hall–Kier alpha value is -0.880. The van der Waals surface area contributed by atoms with Crippen molar-refractivity contribution in [3.8, 4) is 0 Å². The fourth-order valence-corrected chi connectivity index (χ4v) is 2.93. The monoisotopic (exact) mass is 308 g/mol. The molecule has 0 heterocycles. The summed E-state index contributed by atoms with van der Waals surface area (Å²) < 4.78 is 27.9. The Kier molecular flexibility index (Phi) is 7.29. The van der Waals surface area contributed by atoms with Crippen LogP contribution in [0.4, 0.5) is 11.4 Å². The number of benzene rings is 1. The number of hydrogen-bond donors (Lipinski definition) is 3. The van der Waals surface area contributed by atoms with Crippen LogP contribution in [-0.2, 0) is 14.4 Å². The van der Waals surface area contributed by atoms with Crippen LogP contribution in [0.5, 0.6) is 0 Å². The highest BCUT2D eigenvalue weighted by Gasteiger charge is 2.19. The van der Waals surface area contributed by atoms with Crippen molar-refractivity contribution < 1.29 is 17.8 Å². The average molecular weight is 308 g/mol. The van der Waals surface area contributed by atoms with Crippen molar-refractivity contribution in [3.05, 3.63) is 12.1 Å². The zero-order valence-electron chi connectivity index (χ0n) is 11.5. The van der Waals surface area contributed by atoms with Crippen molar-refractivity contribution in [2.75, 3.05) is 24.3 Å². The topological polar surface area (TPSA) is 116 Å². The van der Waals surface area contributed by atoms with Crippen LogP contribution in [0.1, 0.15) is 20.8 Å². The first-order valence-electron chi connectivity index (χ1n) is 5.78. The summed E-state index contributed by atoms with van der Waals surface area (Å²) in [5, 5.41) is 0.224. The second kappa shape index (κ2) is 7.65. The van der Waals surface area contributed by atoms with Gasteiger partial charge < -0.3 is 20.9 Å². The minimum Gasteiger partial charge on any atom is -0.397 e. The first-order chi connectivity index (χ1) is 8.77. The summed E-state index contributed by atoms with van der Waals surface area (Å²) in [7, 11) is -5.35. The molecule has 1 unspecified atom stereocenters. The molecule has 1 aromatic carbocycles. The van der Waals surface area contributed by atoms with Crippen LogP contribution >= 0.6 is 8.38 Å². The fraction of sp³-hybridized carbons (Fsp3) is 0.455. The SMILES string of the molecule is CC.CCOP(O)c1cc(S(C)(=O)=O)cc(N)c1N. The van der Waals surface area contributed by atoms with Gasteiger partial charge in [0.05, 0.1) is 28.2 Å². The number of nitrogens with two attached hydrogens (primary N) is 2. The summed E-state index contributed by atoms with van der Waals surface area (Å²) >= 11 is 0. The molecule has 8 heteroatoms. The third-order valence-corrected chi connectivity index (χ3v) is 4.43. The Morgan fingerprint density at radius 2 is 1.84 bits per heavy atom. The van der Waals surface area contributed by atoms with E-state index in [2.05, 4.69) is 0 Å². The lowest BCUT2D eigenvalue weighted by atomic mass is 10.3. The summed E-state index contributed by atoms with van der Waals surface area (Å²) in [4.78, 5) is 9.74. The van der Waals surface area contributed by atoms with Crippen LogP contribution < -0.4 is 16.8 Å². The highest BCUT2D eigenvalue weighted by atomic mass is 32.2. The van der Waals surface area contributed by atoms with Crippen molar-refractivity contribution in [2.24, 2.45) is 0 Å². The van der Waals surface area contributed by atoms with E-state index >= 15 is 0 Å². The third kappa shape index (κ3) is 4.95. The Morgan fingerprint density at radius 1 is 1.32 bits per heavy atom. The Bertz CT molecular complexity index is 520. The van der Waals surface area contributed by atoms with Crippen LogP contribution in [0, 0.1) is 0 Å². The molecule has 1 atom stereocenters. The van der Waals surface area contributed by atoms with Crippen molar-refractivity contribution >= 4 is 34.9 Å². The maximum absolute atomic E-state index is 11.4. The summed E-state index contributed by atoms with van der Waals surface area (Å²) in [6.07, 6.45) is 1.06. The molecule has 1 aromatic rings. The predicted octanol–water partition coefficient (Wildman–Crippen LogP) is 1.25. The zero-order chi connectivity index (χ0) is 15.2. The van der Waals surface area contributed by atoms with Gasteiger partial charge in [-0.1, -0.05) is 13.8 Å². The van der Waals surface area contributed by atoms with Crippen LogP contribution in [0.2, 0.25) is 0 Å². The lowest BCUT2D eigenvalue weighted by molar-refractivity contribution is 0.337. The second-order valence-electron chi connectivity index (χ2n) is 3.41. The lowest BCUT2D eigenvalue weighted by Crippen LogP contribution is -2.15. The molecule has 0 saturated carbocycles. The van der Waals surface area contributed by atoms with Gasteiger partial charge >= 0.3 is 0 Å². The molecule has 1 rings (SSSR count). The van der Waals surface area contributed by atoms with E-state index in [1.165, 1.54) is 12.1 Å². The Balaban J connectivity index is 0.00000154. The molecule has 6 nitrogen and oxygen atoms in total. The maximum atomic E-state index is 11.4. The zero-order valence-corrected chi connectivity index (χ0v) is 13.3. The van der Waals surface area contributed by atoms with Crippen LogP contribution in [0.15, 0.2) is 17.0 Å². The summed E-state index contributed by atoms with van der Waals surface area (Å²) in [6.45, 7) is 6.01. The van der Waals surface area contributed by atoms with Gasteiger partial charge in [0.15, 0.2) is 9.84 Å². The largest absolute Gasteiger partial charge is 0.397 e. The van der Waals surface area contributed by atoms with E-state index in [9.17, 15) is 13.3 Å². The standard InChI is InChI=1S/C9H15N2O4PS.C2H6/c1-3-15-16(12)8-5-6(17(2,13)14)4-7(10)9(8)11;1-2/h4-5,12H,3,10-11H2,1-2H3;1-2H3. The van der Waals surface area contributed by atoms with Crippen molar-refractivity contribution in [1.29, 1.82) is 0 Å². The molecule has 5 N–H and O–H groups in total. The maximum Gasteiger partial charge on any atom is 0.204 e. The van der Waals surface area contributed by atoms with E-state index in [-0.39, 0.29) is 21.6 Å². The smallest absolute Gasteiger partial charge is 0.204 e. The number of nitrogen functional groups attached to an aromatic ring is 2. The van der Waals surface area contributed by atoms with Crippen LogP contribution in [-0.4, -0.2) is 26.2 Å². The molecule has 0 aromatic heterocycles. The van der Waals surface area contributed by atoms with Gasteiger partial charge in [-0.2, -0.15) is 0 Å². The quantitative estimate of drug-likeness (QED) is 0.569. The second-order valence-corrected chi connectivity index (χ2v) is 6.71. The van der Waals surface area contributed by atoms with Crippen molar-refractivity contribution in [2.45, 2.75) is 25.7 Å². The Morgan fingerprint density at radius 3 is 2.26 bits per heavy atom. The molecule has 0 aliphatic heterocycles. The van der Waals surface area contributed by atoms with Crippen molar-refractivity contribution in [3.63, 3.8) is 0 Å². The first-order valence-corrected chi connectivity index (χ1v) is 8.88. The number of hydrogen-bond acceptors (Lipinski definition) is 6. The van der Waals surface area contributed by atoms with Gasteiger partial charge in [0.1, 0.15) is 0 Å². The van der Waals surface area contributed by atoms with E-state index in [1.54, 1.807) is 6.92 Å². The van der Waals surface area contributed by atoms with Gasteiger partial charge in [0, 0.05) is 6.26 Å². The summed E-state index contributed by atoms with van der Waals surface area (Å²) in [6, 6.07) is 2.56. The van der Waals surface area contributed by atoms with E-state index in [1.807, 2.05) is 13.8 Å². The van der Waals surface area contributed by atoms with Gasteiger partial charge in [0.2, 0.25) is 8.38 Å². The van der Waals surface area contributed by atoms with E-state index < -0.39 is 18.2 Å². The molecule has 0 spiro atoms. The van der Waals surface area contributed by atoms with Crippen LogP contribution in [0.3, 0.4) is 0 Å². The summed E-state index contributed by atoms with van der Waals surface area (Å²) in [5.41, 5.74) is 11.6. The van der Waals surface area contributed by atoms with Crippen molar-refractivity contribution in [1.82, 2.24) is 0 Å². The molecule has 0 radical (unpaired) electrons. The molecule has 0 saturated heterocycles. The molecule has 0 fully saturated rings. The molecule has 0 aliphatic rings. The minimum absolute atomic E-state index is 0.0143. The number of anilines is 2. The van der Waals surface area contributed by atoms with Gasteiger partial charge in [-0.15, -0.1) is 0 Å². The predicted molar refractivity (Wildman–Crippen MR) is 80.1 cm³/mol. The molecule has 0 amide bonds. The van der Waals surface area contributed by atoms with Gasteiger partial charge in [0.25, 0.3) is 0 Å². The molecule has 19 heavy (non-hydrogen) atoms. The van der Waals surface area contributed by atoms with Crippen LogP contribution in [0.25, 0.3) is 0 Å². The van der Waals surface area contributed by atoms with E-state index in [0.29, 0.717) is 6.61 Å². The molecular formula is C11H21N2O4PS. The molecule has 0 aliphatic carbocycles.